The molecule has 168 valence electrons. The van der Waals surface area contributed by atoms with Gasteiger partial charge in [-0.05, 0) is 54.8 Å². The molecule has 1 saturated heterocycles. The van der Waals surface area contributed by atoms with Crippen molar-refractivity contribution >= 4 is 50.9 Å². The SMILES string of the molecule is O=C(NCCSCc1c(Cl)cccc1Cl)[C@@H]1CCCN(S(=O)(=O)c2ccc(F)cc2)C1. The maximum absolute atomic E-state index is 13.1. The third kappa shape index (κ3) is 6.35. The van der Waals surface area contributed by atoms with Gasteiger partial charge in [0.25, 0.3) is 0 Å². The number of carbonyl (C=O) groups excluding carboxylic acids is 1. The Labute approximate surface area is 196 Å². The van der Waals surface area contributed by atoms with Gasteiger partial charge >= 0.3 is 0 Å². The lowest BCUT2D eigenvalue weighted by molar-refractivity contribution is -0.125. The smallest absolute Gasteiger partial charge is 0.243 e. The van der Waals surface area contributed by atoms with Crippen LogP contribution in [0.5, 0.6) is 0 Å². The van der Waals surface area contributed by atoms with E-state index >= 15 is 0 Å². The van der Waals surface area contributed by atoms with E-state index in [4.69, 9.17) is 23.2 Å². The number of hydrogen-bond donors (Lipinski definition) is 1. The van der Waals surface area contributed by atoms with Crippen LogP contribution < -0.4 is 5.32 Å². The lowest BCUT2D eigenvalue weighted by Gasteiger charge is -2.31. The van der Waals surface area contributed by atoms with E-state index in [0.717, 1.165) is 17.7 Å². The Morgan fingerprint density at radius 2 is 1.84 bits per heavy atom. The fraction of sp³-hybridized carbons (Fsp3) is 0.381. The minimum absolute atomic E-state index is 0.0320. The van der Waals surface area contributed by atoms with Crippen LogP contribution in [0.15, 0.2) is 47.4 Å². The number of amides is 1. The summed E-state index contributed by atoms with van der Waals surface area (Å²) in [6.45, 7) is 0.929. The Morgan fingerprint density at radius 3 is 2.52 bits per heavy atom. The number of carbonyl (C=O) groups is 1. The quantitative estimate of drug-likeness (QED) is 0.534. The molecule has 1 atom stereocenters. The molecule has 3 rings (SSSR count). The maximum Gasteiger partial charge on any atom is 0.243 e. The average Bonchev–Trinajstić information content (AvgIpc) is 2.75. The van der Waals surface area contributed by atoms with Gasteiger partial charge in [-0.15, -0.1) is 0 Å². The number of thioether (sulfide) groups is 1. The molecule has 0 aromatic heterocycles. The zero-order valence-corrected chi connectivity index (χ0v) is 19.8. The van der Waals surface area contributed by atoms with Crippen molar-refractivity contribution in [3.8, 4) is 0 Å². The van der Waals surface area contributed by atoms with Crippen LogP contribution in [0.4, 0.5) is 4.39 Å². The monoisotopic (exact) mass is 504 g/mol. The van der Waals surface area contributed by atoms with E-state index in [1.165, 1.54) is 16.4 Å². The average molecular weight is 505 g/mol. The van der Waals surface area contributed by atoms with Crippen LogP contribution in [-0.4, -0.2) is 44.0 Å². The van der Waals surface area contributed by atoms with E-state index in [0.29, 0.717) is 47.5 Å². The second-order valence-electron chi connectivity index (χ2n) is 7.20. The zero-order valence-electron chi connectivity index (χ0n) is 16.7. The summed E-state index contributed by atoms with van der Waals surface area (Å²) in [5.41, 5.74) is 0.871. The molecular weight excluding hydrogens is 482 g/mol. The molecule has 0 bridgehead atoms. The maximum atomic E-state index is 13.1. The number of halogens is 3. The second-order valence-corrected chi connectivity index (χ2v) is 11.1. The van der Waals surface area contributed by atoms with Crippen LogP contribution in [-0.2, 0) is 20.6 Å². The molecule has 1 aliphatic heterocycles. The van der Waals surface area contributed by atoms with Crippen molar-refractivity contribution in [3.63, 3.8) is 0 Å². The zero-order chi connectivity index (χ0) is 22.4. The van der Waals surface area contributed by atoms with E-state index in [2.05, 4.69) is 5.32 Å². The van der Waals surface area contributed by atoms with Gasteiger partial charge in [0.2, 0.25) is 15.9 Å². The normalized spacial score (nSPS) is 17.5. The third-order valence-corrected chi connectivity index (χ3v) is 8.63. The Balaban J connectivity index is 1.48. The summed E-state index contributed by atoms with van der Waals surface area (Å²) in [7, 11) is -3.76. The van der Waals surface area contributed by atoms with Crippen molar-refractivity contribution in [2.75, 3.05) is 25.4 Å². The molecule has 0 unspecified atom stereocenters. The fourth-order valence-corrected chi connectivity index (χ4v) is 6.48. The van der Waals surface area contributed by atoms with Gasteiger partial charge in [0.15, 0.2) is 0 Å². The van der Waals surface area contributed by atoms with Gasteiger partial charge in [0.1, 0.15) is 5.82 Å². The first-order valence-electron chi connectivity index (χ1n) is 9.83. The van der Waals surface area contributed by atoms with Gasteiger partial charge in [0.05, 0.1) is 10.8 Å². The molecular formula is C21H23Cl2FN2O3S2. The van der Waals surface area contributed by atoms with E-state index in [1.807, 2.05) is 0 Å². The molecule has 31 heavy (non-hydrogen) atoms. The van der Waals surface area contributed by atoms with Crippen molar-refractivity contribution in [1.29, 1.82) is 0 Å². The number of nitrogens with zero attached hydrogens (tertiary/aromatic N) is 1. The van der Waals surface area contributed by atoms with Crippen LogP contribution in [0.3, 0.4) is 0 Å². The summed E-state index contributed by atoms with van der Waals surface area (Å²) in [6.07, 6.45) is 1.22. The highest BCUT2D eigenvalue weighted by Gasteiger charge is 2.33. The summed E-state index contributed by atoms with van der Waals surface area (Å²) in [6, 6.07) is 10.1. The first kappa shape index (κ1) is 24.3. The molecule has 0 aliphatic carbocycles. The minimum Gasteiger partial charge on any atom is -0.355 e. The number of benzene rings is 2. The number of nitrogens with one attached hydrogen (secondary N) is 1. The van der Waals surface area contributed by atoms with Crippen molar-refractivity contribution < 1.29 is 17.6 Å². The molecule has 0 radical (unpaired) electrons. The van der Waals surface area contributed by atoms with Crippen molar-refractivity contribution in [2.45, 2.75) is 23.5 Å². The highest BCUT2D eigenvalue weighted by atomic mass is 35.5. The summed E-state index contributed by atoms with van der Waals surface area (Å²) in [5, 5.41) is 4.13. The van der Waals surface area contributed by atoms with Gasteiger partial charge in [-0.25, -0.2) is 12.8 Å². The molecule has 0 spiro atoms. The van der Waals surface area contributed by atoms with Gasteiger partial charge in [-0.3, -0.25) is 4.79 Å². The Hall–Kier alpha value is -1.32. The van der Waals surface area contributed by atoms with Gasteiger partial charge in [-0.2, -0.15) is 16.1 Å². The molecule has 2 aromatic carbocycles. The molecule has 1 heterocycles. The summed E-state index contributed by atoms with van der Waals surface area (Å²) in [5.74, 6) is 0.255. The first-order valence-corrected chi connectivity index (χ1v) is 13.2. The van der Waals surface area contributed by atoms with Crippen molar-refractivity contribution in [2.24, 2.45) is 5.92 Å². The topological polar surface area (TPSA) is 66.5 Å². The predicted octanol–water partition coefficient (Wildman–Crippen LogP) is 4.58. The minimum atomic E-state index is -3.76. The Kier molecular flexibility index (Phi) is 8.64. The van der Waals surface area contributed by atoms with Crippen molar-refractivity contribution in [1.82, 2.24) is 9.62 Å². The predicted molar refractivity (Wildman–Crippen MR) is 124 cm³/mol. The first-order chi connectivity index (χ1) is 14.8. The Morgan fingerprint density at radius 1 is 1.16 bits per heavy atom. The Bertz CT molecular complexity index is 1000. The van der Waals surface area contributed by atoms with Gasteiger partial charge in [0, 0.05) is 41.2 Å². The number of piperidine rings is 1. The summed E-state index contributed by atoms with van der Waals surface area (Å²) < 4.78 is 40.0. The standard InChI is InChI=1S/C21H23Cl2FN2O3S2/c22-19-4-1-5-20(23)18(19)14-30-12-10-25-21(27)15-3-2-11-26(13-15)31(28,29)17-8-6-16(24)7-9-17/h1,4-9,15H,2-3,10-14H2,(H,25,27)/t15-/m1/s1. The van der Waals surface area contributed by atoms with Crippen LogP contribution in [0, 0.1) is 11.7 Å². The molecule has 0 saturated carbocycles. The molecule has 1 fully saturated rings. The molecule has 1 amide bonds. The number of hydrogen-bond acceptors (Lipinski definition) is 4. The second kappa shape index (κ2) is 11.0. The van der Waals surface area contributed by atoms with Crippen LogP contribution in [0.1, 0.15) is 18.4 Å². The number of sulfonamides is 1. The highest BCUT2D eigenvalue weighted by molar-refractivity contribution is 7.98. The highest BCUT2D eigenvalue weighted by Crippen LogP contribution is 2.28. The molecule has 2 aromatic rings. The van der Waals surface area contributed by atoms with E-state index in [1.54, 1.807) is 30.0 Å². The van der Waals surface area contributed by atoms with Crippen LogP contribution >= 0.6 is 35.0 Å². The summed E-state index contributed by atoms with van der Waals surface area (Å²) in [4.78, 5) is 12.6. The van der Waals surface area contributed by atoms with Crippen LogP contribution in [0.25, 0.3) is 0 Å². The molecule has 1 aliphatic rings. The third-order valence-electron chi connectivity index (χ3n) is 5.06. The van der Waals surface area contributed by atoms with Crippen LogP contribution in [0.2, 0.25) is 10.0 Å². The molecule has 1 N–H and O–H groups in total. The molecule has 5 nitrogen and oxygen atoms in total. The summed E-state index contributed by atoms with van der Waals surface area (Å²) >= 11 is 13.9. The number of rotatable bonds is 8. The lowest BCUT2D eigenvalue weighted by Crippen LogP contribution is -2.45. The van der Waals surface area contributed by atoms with E-state index in [9.17, 15) is 17.6 Å². The lowest BCUT2D eigenvalue weighted by atomic mass is 9.99. The van der Waals surface area contributed by atoms with Gasteiger partial charge in [-0.1, -0.05) is 29.3 Å². The van der Waals surface area contributed by atoms with E-state index < -0.39 is 21.8 Å². The molecule has 10 heteroatoms. The largest absolute Gasteiger partial charge is 0.355 e. The fourth-order valence-electron chi connectivity index (χ4n) is 3.37. The van der Waals surface area contributed by atoms with Gasteiger partial charge < -0.3 is 5.32 Å². The van der Waals surface area contributed by atoms with Crippen molar-refractivity contribution in [3.05, 3.63) is 63.9 Å². The van der Waals surface area contributed by atoms with E-state index in [-0.39, 0.29) is 17.3 Å².